The van der Waals surface area contributed by atoms with Gasteiger partial charge in [0.15, 0.2) is 0 Å². The first-order valence-corrected chi connectivity index (χ1v) is 11.8. The fourth-order valence-electron chi connectivity index (χ4n) is 4.90. The first-order chi connectivity index (χ1) is 15.7. The van der Waals surface area contributed by atoms with Crippen molar-refractivity contribution in [3.8, 4) is 5.75 Å². The molecule has 0 aromatic heterocycles. The minimum atomic E-state index is -0.272. The van der Waals surface area contributed by atoms with Gasteiger partial charge in [-0.3, -0.25) is 9.69 Å². The van der Waals surface area contributed by atoms with Crippen molar-refractivity contribution in [2.24, 2.45) is 5.92 Å². The summed E-state index contributed by atoms with van der Waals surface area (Å²) in [6.45, 7) is 5.17. The predicted octanol–water partition coefficient (Wildman–Crippen LogP) is 4.57. The number of hydrogen-bond donors (Lipinski definition) is 0. The molecule has 6 heteroatoms. The first kappa shape index (κ1) is 22.6. The Morgan fingerprint density at radius 1 is 1.00 bits per heavy atom. The van der Waals surface area contributed by atoms with Crippen LogP contribution in [0.5, 0.6) is 5.75 Å². The summed E-state index contributed by atoms with van der Waals surface area (Å²) in [4.78, 5) is 20.0. The van der Waals surface area contributed by atoms with E-state index in [4.69, 9.17) is 4.74 Å². The van der Waals surface area contributed by atoms with Gasteiger partial charge in [-0.15, -0.1) is 0 Å². The van der Waals surface area contributed by atoms with Crippen molar-refractivity contribution in [1.29, 1.82) is 0 Å². The number of para-hydroxylation sites is 2. The molecule has 2 fully saturated rings. The summed E-state index contributed by atoms with van der Waals surface area (Å²) in [6, 6.07) is 14.5. The molecule has 0 N–H and O–H groups in total. The SMILES string of the molecule is COc1ccccc1N1CCN(CCN(C(=O)C2CCCCC2)c2ccc([18F])cc2)CC1. The fourth-order valence-corrected chi connectivity index (χ4v) is 4.90. The highest BCUT2D eigenvalue weighted by Gasteiger charge is 2.28. The van der Waals surface area contributed by atoms with E-state index >= 15 is 0 Å². The van der Waals surface area contributed by atoms with Crippen LogP contribution in [0.15, 0.2) is 48.5 Å². The minimum Gasteiger partial charge on any atom is -0.495 e. The molecular formula is C26H34FN3O2. The number of carbonyl (C=O) groups excluding carboxylic acids is 1. The van der Waals surface area contributed by atoms with Crippen LogP contribution in [0.3, 0.4) is 0 Å². The number of hydrogen-bond acceptors (Lipinski definition) is 4. The van der Waals surface area contributed by atoms with Gasteiger partial charge in [-0.1, -0.05) is 31.4 Å². The summed E-state index contributed by atoms with van der Waals surface area (Å²) in [5, 5.41) is 0. The second-order valence-electron chi connectivity index (χ2n) is 8.80. The number of methoxy groups -OCH3 is 1. The van der Waals surface area contributed by atoms with Crippen molar-refractivity contribution in [3.63, 3.8) is 0 Å². The lowest BCUT2D eigenvalue weighted by Crippen LogP contribution is -2.49. The number of benzene rings is 2. The van der Waals surface area contributed by atoms with E-state index in [0.717, 1.165) is 75.5 Å². The summed E-state index contributed by atoms with van der Waals surface area (Å²) in [7, 11) is 1.71. The second kappa shape index (κ2) is 10.8. The molecule has 0 unspecified atom stereocenters. The average molecular weight is 439 g/mol. The maximum atomic E-state index is 13.5. The summed E-state index contributed by atoms with van der Waals surface area (Å²) in [5.41, 5.74) is 1.93. The standard InChI is InChI=1S/C26H34FN3O2/c1-32-25-10-6-5-9-24(25)29-18-15-28(16-19-29)17-20-30(23-13-11-22(27)12-14-23)26(31)21-7-3-2-4-8-21/h5-6,9-14,21H,2-4,7-8,15-20H2,1H3/i27-1. The topological polar surface area (TPSA) is 36.0 Å². The van der Waals surface area contributed by atoms with E-state index in [9.17, 15) is 9.18 Å². The van der Waals surface area contributed by atoms with Crippen LogP contribution in [0.4, 0.5) is 15.8 Å². The highest BCUT2D eigenvalue weighted by molar-refractivity contribution is 5.95. The Balaban J connectivity index is 1.38. The Bertz CT molecular complexity index is 875. The molecule has 2 aromatic carbocycles. The molecular weight excluding hydrogens is 404 g/mol. The van der Waals surface area contributed by atoms with Crippen LogP contribution in [-0.4, -0.2) is 57.2 Å². The van der Waals surface area contributed by atoms with Crippen LogP contribution in [0.2, 0.25) is 0 Å². The van der Waals surface area contributed by atoms with E-state index in [0.29, 0.717) is 6.54 Å². The first-order valence-electron chi connectivity index (χ1n) is 11.8. The van der Waals surface area contributed by atoms with Crippen molar-refractivity contribution >= 4 is 17.3 Å². The zero-order valence-corrected chi connectivity index (χ0v) is 19.0. The Kier molecular flexibility index (Phi) is 7.63. The van der Waals surface area contributed by atoms with Gasteiger partial charge in [0.05, 0.1) is 12.8 Å². The molecule has 4 rings (SSSR count). The van der Waals surface area contributed by atoms with Crippen LogP contribution in [0.1, 0.15) is 32.1 Å². The van der Waals surface area contributed by atoms with Crippen LogP contribution >= 0.6 is 0 Å². The Morgan fingerprint density at radius 2 is 1.69 bits per heavy atom. The molecule has 2 aliphatic rings. The molecule has 0 spiro atoms. The van der Waals surface area contributed by atoms with Gasteiger partial charge in [0, 0.05) is 50.9 Å². The predicted molar refractivity (Wildman–Crippen MR) is 127 cm³/mol. The molecule has 1 aliphatic heterocycles. The Hall–Kier alpha value is -2.60. The van der Waals surface area contributed by atoms with E-state index < -0.39 is 0 Å². The molecule has 1 saturated heterocycles. The largest absolute Gasteiger partial charge is 0.495 e. The van der Waals surface area contributed by atoms with Crippen LogP contribution in [0, 0.1) is 11.7 Å². The van der Waals surface area contributed by atoms with E-state index in [1.807, 2.05) is 23.1 Å². The zero-order chi connectivity index (χ0) is 22.3. The normalized spacial score (nSPS) is 17.9. The molecule has 5 nitrogen and oxygen atoms in total. The summed E-state index contributed by atoms with van der Waals surface area (Å²) >= 11 is 0. The molecule has 1 saturated carbocycles. The molecule has 1 aliphatic carbocycles. The number of carbonyl (C=O) groups is 1. The van der Waals surface area contributed by atoms with E-state index in [1.54, 1.807) is 19.2 Å². The number of halogens is 1. The molecule has 172 valence electrons. The third kappa shape index (κ3) is 5.41. The quantitative estimate of drug-likeness (QED) is 0.635. The summed E-state index contributed by atoms with van der Waals surface area (Å²) in [5.74, 6) is 0.924. The van der Waals surface area contributed by atoms with Gasteiger partial charge in [-0.25, -0.2) is 4.39 Å². The molecule has 1 heterocycles. The van der Waals surface area contributed by atoms with Gasteiger partial charge in [0.2, 0.25) is 5.91 Å². The lowest BCUT2D eigenvalue weighted by molar-refractivity contribution is -0.123. The van der Waals surface area contributed by atoms with Gasteiger partial charge in [-0.05, 0) is 49.2 Å². The number of anilines is 2. The number of rotatable bonds is 7. The monoisotopic (exact) mass is 438 g/mol. The number of piperazine rings is 1. The third-order valence-electron chi connectivity index (χ3n) is 6.80. The lowest BCUT2D eigenvalue weighted by atomic mass is 9.88. The Labute approximate surface area is 190 Å². The smallest absolute Gasteiger partial charge is 0.230 e. The summed E-state index contributed by atoms with van der Waals surface area (Å²) < 4.78 is 19.0. The fraction of sp³-hybridized carbons (Fsp3) is 0.500. The highest BCUT2D eigenvalue weighted by Crippen LogP contribution is 2.29. The highest BCUT2D eigenvalue weighted by atomic mass is 18.2. The molecule has 2 aromatic rings. The van der Waals surface area contributed by atoms with Gasteiger partial charge in [0.25, 0.3) is 0 Å². The van der Waals surface area contributed by atoms with Gasteiger partial charge in [0.1, 0.15) is 11.6 Å². The van der Waals surface area contributed by atoms with Gasteiger partial charge >= 0.3 is 0 Å². The van der Waals surface area contributed by atoms with Crippen LogP contribution in [-0.2, 0) is 4.79 Å². The Morgan fingerprint density at radius 3 is 2.38 bits per heavy atom. The maximum Gasteiger partial charge on any atom is 0.230 e. The molecule has 0 bridgehead atoms. The van der Waals surface area contributed by atoms with Crippen molar-refractivity contribution in [1.82, 2.24) is 4.90 Å². The number of nitrogens with zero attached hydrogens (tertiary/aromatic N) is 3. The van der Waals surface area contributed by atoms with E-state index in [2.05, 4.69) is 15.9 Å². The van der Waals surface area contributed by atoms with Gasteiger partial charge in [-0.2, -0.15) is 0 Å². The third-order valence-corrected chi connectivity index (χ3v) is 6.80. The average Bonchev–Trinajstić information content (AvgIpc) is 2.86. The van der Waals surface area contributed by atoms with Gasteiger partial charge < -0.3 is 14.5 Å². The van der Waals surface area contributed by atoms with Crippen molar-refractivity contribution in [2.75, 3.05) is 56.2 Å². The molecule has 32 heavy (non-hydrogen) atoms. The minimum absolute atomic E-state index is 0.0937. The molecule has 0 radical (unpaired) electrons. The molecule has 1 amide bonds. The summed E-state index contributed by atoms with van der Waals surface area (Å²) in [6.07, 6.45) is 5.40. The zero-order valence-electron chi connectivity index (χ0n) is 19.0. The number of ether oxygens (including phenoxy) is 1. The van der Waals surface area contributed by atoms with Crippen LogP contribution < -0.4 is 14.5 Å². The number of amides is 1. The lowest BCUT2D eigenvalue weighted by Gasteiger charge is -2.38. The van der Waals surface area contributed by atoms with Crippen molar-refractivity contribution in [2.45, 2.75) is 32.1 Å². The van der Waals surface area contributed by atoms with Crippen molar-refractivity contribution < 1.29 is 13.9 Å². The van der Waals surface area contributed by atoms with Crippen molar-refractivity contribution in [3.05, 3.63) is 54.3 Å². The van der Waals surface area contributed by atoms with E-state index in [-0.39, 0.29) is 17.6 Å². The van der Waals surface area contributed by atoms with E-state index in [1.165, 1.54) is 18.6 Å². The second-order valence-corrected chi connectivity index (χ2v) is 8.80. The maximum absolute atomic E-state index is 13.5. The van der Waals surface area contributed by atoms with Crippen LogP contribution in [0.25, 0.3) is 0 Å². The molecule has 0 atom stereocenters.